The van der Waals surface area contributed by atoms with Crippen LogP contribution in [0.3, 0.4) is 0 Å². The van der Waals surface area contributed by atoms with Crippen molar-refractivity contribution < 1.29 is 14.3 Å². The summed E-state index contributed by atoms with van der Waals surface area (Å²) < 4.78 is 10.8. The van der Waals surface area contributed by atoms with E-state index in [9.17, 15) is 4.79 Å². The Bertz CT molecular complexity index is 457. The molecule has 1 aliphatic rings. The second kappa shape index (κ2) is 9.47. The number of hydrogen-bond acceptors (Lipinski definition) is 3. The Morgan fingerprint density at radius 2 is 1.96 bits per heavy atom. The van der Waals surface area contributed by atoms with Gasteiger partial charge in [-0.1, -0.05) is 51.9 Å². The number of carbonyl (C=O) groups is 1. The quantitative estimate of drug-likeness (QED) is 0.356. The molecule has 0 amide bonds. The number of rotatable bonds is 8. The predicted octanol–water partition coefficient (Wildman–Crippen LogP) is 4.98. The van der Waals surface area contributed by atoms with Crippen LogP contribution in [-0.2, 0) is 14.3 Å². The van der Waals surface area contributed by atoms with E-state index >= 15 is 0 Å². The topological polar surface area (TPSA) is 35.5 Å². The first-order valence-electron chi connectivity index (χ1n) is 9.45. The maximum absolute atomic E-state index is 11.4. The van der Waals surface area contributed by atoms with Crippen LogP contribution < -0.4 is 0 Å². The van der Waals surface area contributed by atoms with Gasteiger partial charge in [0.05, 0.1) is 0 Å². The summed E-state index contributed by atoms with van der Waals surface area (Å²) in [5.41, 5.74) is 0.0387. The Morgan fingerprint density at radius 3 is 2.54 bits per heavy atom. The van der Waals surface area contributed by atoms with Crippen LogP contribution in [0.25, 0.3) is 0 Å². The van der Waals surface area contributed by atoms with E-state index in [0.29, 0.717) is 5.92 Å². The van der Waals surface area contributed by atoms with E-state index < -0.39 is 0 Å². The fraction of sp³-hybridized carbons (Fsp3) is 0.857. The summed E-state index contributed by atoms with van der Waals surface area (Å²) in [7, 11) is 1.77. The van der Waals surface area contributed by atoms with E-state index in [1.165, 1.54) is 26.2 Å². The maximum atomic E-state index is 11.4. The lowest BCUT2D eigenvalue weighted by Crippen LogP contribution is -2.35. The maximum Gasteiger partial charge on any atom is 0.303 e. The van der Waals surface area contributed by atoms with Crippen molar-refractivity contribution >= 4 is 5.97 Å². The van der Waals surface area contributed by atoms with Gasteiger partial charge >= 0.3 is 5.97 Å². The number of unbranched alkanes of at least 4 members (excludes halogenated alkanes) is 3. The molecule has 1 aliphatic carbocycles. The molecule has 3 heteroatoms. The zero-order valence-electron chi connectivity index (χ0n) is 16.5. The minimum Gasteiger partial charge on any atom is -0.449 e. The highest BCUT2D eigenvalue weighted by Gasteiger charge is 2.50. The number of esters is 1. The van der Waals surface area contributed by atoms with E-state index in [0.717, 1.165) is 32.3 Å². The van der Waals surface area contributed by atoms with Gasteiger partial charge in [0.15, 0.2) is 6.10 Å². The monoisotopic (exact) mass is 336 g/mol. The molecule has 3 nitrogen and oxygen atoms in total. The van der Waals surface area contributed by atoms with Crippen LogP contribution in [0.5, 0.6) is 0 Å². The van der Waals surface area contributed by atoms with Crippen LogP contribution in [0.1, 0.15) is 79.6 Å². The van der Waals surface area contributed by atoms with Crippen molar-refractivity contribution in [3.63, 3.8) is 0 Å². The third-order valence-electron chi connectivity index (χ3n) is 5.94. The first-order valence-corrected chi connectivity index (χ1v) is 9.45. The van der Waals surface area contributed by atoms with E-state index in [4.69, 9.17) is 9.47 Å². The Balaban J connectivity index is 2.79. The lowest BCUT2D eigenvalue weighted by atomic mass is 9.66. The Labute approximate surface area is 148 Å². The molecular formula is C21H36O3. The number of ether oxygens (including phenoxy) is 2. The normalized spacial score (nSPS) is 26.5. The molecule has 0 saturated heterocycles. The summed E-state index contributed by atoms with van der Waals surface area (Å²) in [6.07, 6.45) is 7.45. The van der Waals surface area contributed by atoms with Crippen LogP contribution >= 0.6 is 0 Å². The van der Waals surface area contributed by atoms with Crippen LogP contribution in [0, 0.1) is 28.6 Å². The van der Waals surface area contributed by atoms with Gasteiger partial charge < -0.3 is 9.47 Å². The second-order valence-electron chi connectivity index (χ2n) is 7.96. The summed E-state index contributed by atoms with van der Waals surface area (Å²) >= 11 is 0. The third kappa shape index (κ3) is 5.52. The molecule has 138 valence electrons. The van der Waals surface area contributed by atoms with Gasteiger partial charge in [0.2, 0.25) is 0 Å². The first-order chi connectivity index (χ1) is 11.3. The van der Waals surface area contributed by atoms with E-state index in [-0.39, 0.29) is 22.9 Å². The van der Waals surface area contributed by atoms with Crippen molar-refractivity contribution in [2.45, 2.75) is 85.7 Å². The van der Waals surface area contributed by atoms with Gasteiger partial charge in [-0.05, 0) is 43.9 Å². The van der Waals surface area contributed by atoms with Crippen molar-refractivity contribution in [3.05, 3.63) is 0 Å². The third-order valence-corrected chi connectivity index (χ3v) is 5.94. The number of hydrogen-bond donors (Lipinski definition) is 0. The molecule has 0 radical (unpaired) electrons. The Kier molecular flexibility index (Phi) is 8.30. The average Bonchev–Trinajstić information content (AvgIpc) is 2.73. The minimum atomic E-state index is -0.270. The second-order valence-corrected chi connectivity index (χ2v) is 7.96. The van der Waals surface area contributed by atoms with Gasteiger partial charge in [-0.2, -0.15) is 0 Å². The molecule has 3 atom stereocenters. The fourth-order valence-corrected chi connectivity index (χ4v) is 3.67. The van der Waals surface area contributed by atoms with Crippen molar-refractivity contribution in [1.82, 2.24) is 0 Å². The summed E-state index contributed by atoms with van der Waals surface area (Å²) in [5.74, 6) is 7.08. The standard InChI is InChI=1S/C21H36O3/c1-7-8-9-10-11-19(24-17(2)22)13-15-21(5)14-12-18(16-23-6)20(21,3)4/h18-19H,7-12,14,16H2,1-6H3/t18-,19+,21+/m1/s1. The molecule has 24 heavy (non-hydrogen) atoms. The molecule has 1 fully saturated rings. The molecule has 0 spiro atoms. The summed E-state index contributed by atoms with van der Waals surface area (Å²) in [6, 6.07) is 0. The average molecular weight is 337 g/mol. The highest BCUT2D eigenvalue weighted by atomic mass is 16.5. The molecule has 0 aromatic rings. The summed E-state index contributed by atoms with van der Waals surface area (Å²) in [4.78, 5) is 11.4. The van der Waals surface area contributed by atoms with Gasteiger partial charge in [-0.25, -0.2) is 0 Å². The molecule has 0 heterocycles. The van der Waals surface area contributed by atoms with Gasteiger partial charge in [0.25, 0.3) is 0 Å². The molecule has 0 unspecified atom stereocenters. The lowest BCUT2D eigenvalue weighted by Gasteiger charge is -2.38. The predicted molar refractivity (Wildman–Crippen MR) is 98.6 cm³/mol. The zero-order valence-corrected chi connectivity index (χ0v) is 16.5. The Hall–Kier alpha value is -1.01. The fourth-order valence-electron chi connectivity index (χ4n) is 3.67. The molecule has 0 aromatic heterocycles. The highest BCUT2D eigenvalue weighted by Crippen LogP contribution is 2.55. The molecule has 0 bridgehead atoms. The van der Waals surface area contributed by atoms with Crippen molar-refractivity contribution in [3.8, 4) is 11.8 Å². The molecular weight excluding hydrogens is 300 g/mol. The largest absolute Gasteiger partial charge is 0.449 e. The van der Waals surface area contributed by atoms with E-state index in [2.05, 4.69) is 39.5 Å². The van der Waals surface area contributed by atoms with Crippen LogP contribution in [-0.4, -0.2) is 25.8 Å². The van der Waals surface area contributed by atoms with Crippen LogP contribution in [0.4, 0.5) is 0 Å². The summed E-state index contributed by atoms with van der Waals surface area (Å²) in [6.45, 7) is 11.3. The van der Waals surface area contributed by atoms with Gasteiger partial charge in [0, 0.05) is 26.1 Å². The Morgan fingerprint density at radius 1 is 1.25 bits per heavy atom. The lowest BCUT2D eigenvalue weighted by molar-refractivity contribution is -0.144. The molecule has 1 rings (SSSR count). The number of carbonyl (C=O) groups excluding carboxylic acids is 1. The molecule has 1 saturated carbocycles. The highest BCUT2D eigenvalue weighted by molar-refractivity contribution is 5.66. The SMILES string of the molecule is CCCCCC[C@@H](C#C[C@]1(C)CC[C@H](COC)C1(C)C)OC(C)=O. The van der Waals surface area contributed by atoms with Crippen molar-refractivity contribution in [2.24, 2.45) is 16.7 Å². The van der Waals surface area contributed by atoms with Gasteiger partial charge in [0.1, 0.15) is 0 Å². The van der Waals surface area contributed by atoms with E-state index in [1.807, 2.05) is 0 Å². The zero-order chi connectivity index (χ0) is 18.2. The van der Waals surface area contributed by atoms with E-state index in [1.54, 1.807) is 7.11 Å². The smallest absolute Gasteiger partial charge is 0.303 e. The minimum absolute atomic E-state index is 0.0575. The first kappa shape index (κ1) is 21.0. The number of methoxy groups -OCH3 is 1. The van der Waals surface area contributed by atoms with Gasteiger partial charge in [-0.15, -0.1) is 0 Å². The van der Waals surface area contributed by atoms with Crippen LogP contribution in [0.15, 0.2) is 0 Å². The molecule has 0 aromatic carbocycles. The van der Waals surface area contributed by atoms with Gasteiger partial charge in [-0.3, -0.25) is 4.79 Å². The molecule has 0 N–H and O–H groups in total. The van der Waals surface area contributed by atoms with Crippen molar-refractivity contribution in [1.29, 1.82) is 0 Å². The van der Waals surface area contributed by atoms with Crippen molar-refractivity contribution in [2.75, 3.05) is 13.7 Å². The molecule has 0 aliphatic heterocycles. The van der Waals surface area contributed by atoms with Crippen LogP contribution in [0.2, 0.25) is 0 Å². The summed E-state index contributed by atoms with van der Waals surface area (Å²) in [5, 5.41) is 0.